The van der Waals surface area contributed by atoms with E-state index in [1.165, 1.54) is 0 Å². The van der Waals surface area contributed by atoms with Crippen LogP contribution in [-0.2, 0) is 9.59 Å². The van der Waals surface area contributed by atoms with Crippen molar-refractivity contribution < 1.29 is 14.3 Å². The van der Waals surface area contributed by atoms with E-state index in [0.29, 0.717) is 26.0 Å². The second-order valence-corrected chi connectivity index (χ2v) is 6.14. The highest BCUT2D eigenvalue weighted by molar-refractivity contribution is 5.83. The minimum absolute atomic E-state index is 0.0103. The van der Waals surface area contributed by atoms with Crippen LogP contribution in [0.25, 0.3) is 0 Å². The molecule has 1 aliphatic rings. The highest BCUT2D eigenvalue weighted by atomic mass is 16.5. The van der Waals surface area contributed by atoms with Gasteiger partial charge in [-0.1, -0.05) is 48.5 Å². The van der Waals surface area contributed by atoms with Gasteiger partial charge in [0, 0.05) is 13.0 Å². The zero-order valence-electron chi connectivity index (χ0n) is 14.0. The Bertz CT molecular complexity index is 693. The number of hydrogen-bond donors (Lipinski definition) is 2. The van der Waals surface area contributed by atoms with Crippen LogP contribution in [0.15, 0.2) is 60.7 Å². The number of nitrogens with one attached hydrogen (secondary N) is 2. The van der Waals surface area contributed by atoms with E-state index in [-0.39, 0.29) is 23.8 Å². The largest absolute Gasteiger partial charge is 0.491 e. The van der Waals surface area contributed by atoms with Crippen LogP contribution in [0.3, 0.4) is 0 Å². The molecule has 130 valence electrons. The van der Waals surface area contributed by atoms with Crippen LogP contribution in [0.5, 0.6) is 5.75 Å². The lowest BCUT2D eigenvalue weighted by Gasteiger charge is -2.25. The molecule has 5 nitrogen and oxygen atoms in total. The Balaban J connectivity index is 1.66. The van der Waals surface area contributed by atoms with E-state index >= 15 is 0 Å². The van der Waals surface area contributed by atoms with Crippen molar-refractivity contribution in [2.75, 3.05) is 13.2 Å². The van der Waals surface area contributed by atoms with Crippen molar-refractivity contribution in [2.45, 2.75) is 18.9 Å². The third kappa shape index (κ3) is 4.83. The summed E-state index contributed by atoms with van der Waals surface area (Å²) < 4.78 is 5.84. The van der Waals surface area contributed by atoms with E-state index in [0.717, 1.165) is 11.3 Å². The van der Waals surface area contributed by atoms with Crippen molar-refractivity contribution in [3.05, 3.63) is 66.2 Å². The van der Waals surface area contributed by atoms with Crippen molar-refractivity contribution >= 4 is 11.8 Å². The molecule has 2 amide bonds. The van der Waals surface area contributed by atoms with Crippen LogP contribution in [0.1, 0.15) is 24.4 Å². The number of benzene rings is 2. The van der Waals surface area contributed by atoms with Gasteiger partial charge in [0.25, 0.3) is 0 Å². The molecular formula is C20H22N2O3. The molecule has 1 aliphatic heterocycles. The van der Waals surface area contributed by atoms with Gasteiger partial charge in [0.2, 0.25) is 11.8 Å². The van der Waals surface area contributed by atoms with E-state index in [1.54, 1.807) is 0 Å². The van der Waals surface area contributed by atoms with Gasteiger partial charge < -0.3 is 15.4 Å². The predicted octanol–water partition coefficient (Wildman–Crippen LogP) is 2.45. The summed E-state index contributed by atoms with van der Waals surface area (Å²) >= 11 is 0. The number of amides is 2. The highest BCUT2D eigenvalue weighted by Crippen LogP contribution is 2.18. The van der Waals surface area contributed by atoms with Crippen LogP contribution in [-0.4, -0.2) is 25.0 Å². The van der Waals surface area contributed by atoms with Crippen LogP contribution in [0.4, 0.5) is 0 Å². The Kier molecular flexibility index (Phi) is 5.67. The minimum Gasteiger partial charge on any atom is -0.491 e. The fourth-order valence-corrected chi connectivity index (χ4v) is 2.85. The third-order valence-electron chi connectivity index (χ3n) is 4.31. The molecule has 3 rings (SSSR count). The molecule has 1 fully saturated rings. The molecule has 2 aromatic rings. The van der Waals surface area contributed by atoms with Gasteiger partial charge in [-0.25, -0.2) is 0 Å². The van der Waals surface area contributed by atoms with Gasteiger partial charge in [0.05, 0.1) is 12.0 Å². The fourth-order valence-electron chi connectivity index (χ4n) is 2.85. The first-order valence-corrected chi connectivity index (χ1v) is 8.52. The normalized spacial score (nSPS) is 18.1. The summed E-state index contributed by atoms with van der Waals surface area (Å²) in [6, 6.07) is 19.1. The average molecular weight is 338 g/mol. The molecule has 2 atom stereocenters. The van der Waals surface area contributed by atoms with Crippen molar-refractivity contribution in [2.24, 2.45) is 5.92 Å². The first-order chi connectivity index (χ1) is 12.2. The number of hydrogen-bond acceptors (Lipinski definition) is 3. The number of piperidine rings is 1. The lowest BCUT2D eigenvalue weighted by atomic mass is 9.97. The predicted molar refractivity (Wildman–Crippen MR) is 95.0 cm³/mol. The molecule has 1 heterocycles. The van der Waals surface area contributed by atoms with Crippen molar-refractivity contribution in [3.63, 3.8) is 0 Å². The second kappa shape index (κ2) is 8.33. The van der Waals surface area contributed by atoms with E-state index in [2.05, 4.69) is 10.6 Å². The zero-order valence-corrected chi connectivity index (χ0v) is 14.0. The van der Waals surface area contributed by atoms with E-state index in [4.69, 9.17) is 4.74 Å². The van der Waals surface area contributed by atoms with Gasteiger partial charge in [-0.3, -0.25) is 9.59 Å². The summed E-state index contributed by atoms with van der Waals surface area (Å²) in [6.45, 7) is 0.741. The van der Waals surface area contributed by atoms with Gasteiger partial charge in [-0.2, -0.15) is 0 Å². The third-order valence-corrected chi connectivity index (χ3v) is 4.31. The molecule has 0 aromatic heterocycles. The molecule has 0 radical (unpaired) electrons. The highest BCUT2D eigenvalue weighted by Gasteiger charge is 2.26. The molecule has 0 unspecified atom stereocenters. The Morgan fingerprint density at radius 3 is 2.44 bits per heavy atom. The summed E-state index contributed by atoms with van der Waals surface area (Å²) in [5, 5.41) is 5.83. The standard InChI is InChI=1S/C20H22N2O3/c23-19-12-11-16(13-21-19)20(24)22-18(15-7-3-1-4-8-15)14-25-17-9-5-2-6-10-17/h1-10,16,18H,11-14H2,(H,21,23)(H,22,24)/t16-,18+/m0/s1. The van der Waals surface area contributed by atoms with Gasteiger partial charge in [0.1, 0.15) is 12.4 Å². The maximum Gasteiger partial charge on any atom is 0.225 e. The Labute approximate surface area is 147 Å². The lowest BCUT2D eigenvalue weighted by molar-refractivity contribution is -0.129. The number of rotatable bonds is 6. The van der Waals surface area contributed by atoms with Crippen LogP contribution in [0.2, 0.25) is 0 Å². The van der Waals surface area contributed by atoms with Crippen LogP contribution >= 0.6 is 0 Å². The molecule has 0 spiro atoms. The lowest BCUT2D eigenvalue weighted by Crippen LogP contribution is -2.44. The van der Waals surface area contributed by atoms with Crippen molar-refractivity contribution in [1.82, 2.24) is 10.6 Å². The molecule has 5 heteroatoms. The number of carbonyl (C=O) groups excluding carboxylic acids is 2. The fraction of sp³-hybridized carbons (Fsp3) is 0.300. The molecule has 0 aliphatic carbocycles. The number of ether oxygens (including phenoxy) is 1. The molecule has 1 saturated heterocycles. The second-order valence-electron chi connectivity index (χ2n) is 6.14. The zero-order chi connectivity index (χ0) is 17.5. The molecule has 2 N–H and O–H groups in total. The Morgan fingerprint density at radius 1 is 1.12 bits per heavy atom. The van der Waals surface area contributed by atoms with Crippen LogP contribution in [0, 0.1) is 5.92 Å². The van der Waals surface area contributed by atoms with E-state index in [9.17, 15) is 9.59 Å². The van der Waals surface area contributed by atoms with Crippen LogP contribution < -0.4 is 15.4 Å². The van der Waals surface area contributed by atoms with Gasteiger partial charge in [-0.15, -0.1) is 0 Å². The topological polar surface area (TPSA) is 67.4 Å². The number of para-hydroxylation sites is 1. The summed E-state index contributed by atoms with van der Waals surface area (Å²) in [5.74, 6) is 0.532. The molecule has 25 heavy (non-hydrogen) atoms. The number of carbonyl (C=O) groups is 2. The molecule has 0 bridgehead atoms. The van der Waals surface area contributed by atoms with E-state index in [1.807, 2.05) is 60.7 Å². The maximum absolute atomic E-state index is 12.6. The van der Waals surface area contributed by atoms with Gasteiger partial charge in [-0.05, 0) is 24.1 Å². The van der Waals surface area contributed by atoms with E-state index < -0.39 is 0 Å². The quantitative estimate of drug-likeness (QED) is 0.850. The van der Waals surface area contributed by atoms with Crippen molar-refractivity contribution in [3.8, 4) is 5.75 Å². The first-order valence-electron chi connectivity index (χ1n) is 8.52. The molecular weight excluding hydrogens is 316 g/mol. The summed E-state index contributed by atoms with van der Waals surface area (Å²) in [5.41, 5.74) is 0.992. The molecule has 0 saturated carbocycles. The summed E-state index contributed by atoms with van der Waals surface area (Å²) in [7, 11) is 0. The smallest absolute Gasteiger partial charge is 0.225 e. The minimum atomic E-state index is -0.244. The Hall–Kier alpha value is -2.82. The van der Waals surface area contributed by atoms with Crippen molar-refractivity contribution in [1.29, 1.82) is 0 Å². The first kappa shape index (κ1) is 17.0. The van der Waals surface area contributed by atoms with Gasteiger partial charge >= 0.3 is 0 Å². The maximum atomic E-state index is 12.6. The SMILES string of the molecule is O=C1CC[C@H](C(=O)N[C@H](COc2ccccc2)c2ccccc2)CN1. The molecule has 2 aromatic carbocycles. The van der Waals surface area contributed by atoms with Gasteiger partial charge in [0.15, 0.2) is 0 Å². The average Bonchev–Trinajstić information content (AvgIpc) is 2.67. The monoisotopic (exact) mass is 338 g/mol. The Morgan fingerprint density at radius 2 is 1.80 bits per heavy atom. The summed E-state index contributed by atoms with van der Waals surface area (Å²) in [6.07, 6.45) is 0.979. The summed E-state index contributed by atoms with van der Waals surface area (Å²) in [4.78, 5) is 23.9.